The first-order valence-electron chi connectivity index (χ1n) is 4.24. The van der Waals surface area contributed by atoms with Crippen molar-refractivity contribution in [2.24, 2.45) is 0 Å². The SMILES string of the molecule is CCCCC(=O)c1ncc(Br)cn1. The molecule has 0 amide bonds. The largest absolute Gasteiger partial charge is 0.291 e. The molecule has 3 nitrogen and oxygen atoms in total. The van der Waals surface area contributed by atoms with Crippen molar-refractivity contribution >= 4 is 21.7 Å². The van der Waals surface area contributed by atoms with Crippen LogP contribution in [0.15, 0.2) is 16.9 Å². The van der Waals surface area contributed by atoms with E-state index in [1.807, 2.05) is 0 Å². The van der Waals surface area contributed by atoms with E-state index in [0.717, 1.165) is 17.3 Å². The number of carbonyl (C=O) groups is 1. The first-order chi connectivity index (χ1) is 6.24. The molecule has 0 aliphatic carbocycles. The lowest BCUT2D eigenvalue weighted by atomic mass is 10.2. The minimum atomic E-state index is 0.0225. The van der Waals surface area contributed by atoms with Crippen LogP contribution < -0.4 is 0 Å². The molecular formula is C9H11BrN2O. The van der Waals surface area contributed by atoms with Crippen LogP contribution in [0.25, 0.3) is 0 Å². The third-order valence-electron chi connectivity index (χ3n) is 1.63. The third kappa shape index (κ3) is 3.22. The van der Waals surface area contributed by atoms with Gasteiger partial charge in [-0.05, 0) is 22.4 Å². The number of carbonyl (C=O) groups excluding carboxylic acids is 1. The van der Waals surface area contributed by atoms with Gasteiger partial charge in [0.25, 0.3) is 0 Å². The molecule has 4 heteroatoms. The summed E-state index contributed by atoms with van der Waals surface area (Å²) < 4.78 is 0.791. The zero-order chi connectivity index (χ0) is 9.68. The molecular weight excluding hydrogens is 232 g/mol. The fourth-order valence-corrected chi connectivity index (χ4v) is 1.11. The van der Waals surface area contributed by atoms with Crippen LogP contribution in [0.5, 0.6) is 0 Å². The molecule has 0 radical (unpaired) electrons. The van der Waals surface area contributed by atoms with Gasteiger partial charge in [-0.2, -0.15) is 0 Å². The summed E-state index contributed by atoms with van der Waals surface area (Å²) in [6, 6.07) is 0. The summed E-state index contributed by atoms with van der Waals surface area (Å²) in [5, 5.41) is 0. The van der Waals surface area contributed by atoms with Crippen molar-refractivity contribution in [3.8, 4) is 0 Å². The maximum atomic E-state index is 11.4. The Labute approximate surface area is 85.7 Å². The van der Waals surface area contributed by atoms with Crippen LogP contribution in [0.4, 0.5) is 0 Å². The quantitative estimate of drug-likeness (QED) is 0.763. The lowest BCUT2D eigenvalue weighted by molar-refractivity contribution is 0.0969. The highest BCUT2D eigenvalue weighted by Crippen LogP contribution is 2.06. The van der Waals surface area contributed by atoms with Gasteiger partial charge in [-0.1, -0.05) is 13.3 Å². The summed E-state index contributed by atoms with van der Waals surface area (Å²) in [5.74, 6) is 0.339. The fourth-order valence-electron chi connectivity index (χ4n) is 0.905. The summed E-state index contributed by atoms with van der Waals surface area (Å²) in [6.07, 6.45) is 5.64. The number of hydrogen-bond acceptors (Lipinski definition) is 3. The second kappa shape index (κ2) is 5.07. The molecule has 1 aromatic rings. The average Bonchev–Trinajstić information content (AvgIpc) is 2.15. The fraction of sp³-hybridized carbons (Fsp3) is 0.444. The van der Waals surface area contributed by atoms with Gasteiger partial charge in [0.1, 0.15) is 0 Å². The Morgan fingerprint density at radius 3 is 2.62 bits per heavy atom. The van der Waals surface area contributed by atoms with E-state index in [1.54, 1.807) is 12.4 Å². The van der Waals surface area contributed by atoms with Crippen molar-refractivity contribution in [2.45, 2.75) is 26.2 Å². The highest BCUT2D eigenvalue weighted by Gasteiger charge is 2.07. The predicted octanol–water partition coefficient (Wildman–Crippen LogP) is 2.61. The number of Topliss-reactive ketones (excluding diaryl/α,β-unsaturated/α-hetero) is 1. The predicted molar refractivity (Wildman–Crippen MR) is 53.6 cm³/mol. The van der Waals surface area contributed by atoms with Crippen LogP contribution in [-0.4, -0.2) is 15.8 Å². The Morgan fingerprint density at radius 1 is 1.46 bits per heavy atom. The third-order valence-corrected chi connectivity index (χ3v) is 2.04. The van der Waals surface area contributed by atoms with Crippen molar-refractivity contribution in [3.63, 3.8) is 0 Å². The number of hydrogen-bond donors (Lipinski definition) is 0. The normalized spacial score (nSPS) is 10.0. The van der Waals surface area contributed by atoms with Crippen molar-refractivity contribution in [2.75, 3.05) is 0 Å². The van der Waals surface area contributed by atoms with Gasteiger partial charge in [-0.25, -0.2) is 9.97 Å². The molecule has 0 unspecified atom stereocenters. The standard InChI is InChI=1S/C9H11BrN2O/c1-2-3-4-8(13)9-11-5-7(10)6-12-9/h5-6H,2-4H2,1H3. The second-order valence-corrected chi connectivity index (χ2v) is 3.67. The summed E-state index contributed by atoms with van der Waals surface area (Å²) >= 11 is 3.21. The minimum absolute atomic E-state index is 0.0225. The van der Waals surface area contributed by atoms with Crippen LogP contribution >= 0.6 is 15.9 Å². The van der Waals surface area contributed by atoms with Crippen molar-refractivity contribution in [3.05, 3.63) is 22.7 Å². The number of unbranched alkanes of at least 4 members (excludes halogenated alkanes) is 1. The number of aromatic nitrogens is 2. The van der Waals surface area contributed by atoms with Crippen molar-refractivity contribution in [1.29, 1.82) is 0 Å². The monoisotopic (exact) mass is 242 g/mol. The van der Waals surface area contributed by atoms with E-state index in [0.29, 0.717) is 12.2 Å². The lowest BCUT2D eigenvalue weighted by Crippen LogP contribution is -2.04. The van der Waals surface area contributed by atoms with E-state index in [1.165, 1.54) is 0 Å². The van der Waals surface area contributed by atoms with Gasteiger partial charge in [0.05, 0.1) is 4.47 Å². The van der Waals surface area contributed by atoms with E-state index < -0.39 is 0 Å². The second-order valence-electron chi connectivity index (χ2n) is 2.75. The van der Waals surface area contributed by atoms with Gasteiger partial charge < -0.3 is 0 Å². The molecule has 1 rings (SSSR count). The zero-order valence-corrected chi connectivity index (χ0v) is 9.04. The van der Waals surface area contributed by atoms with E-state index in [-0.39, 0.29) is 5.78 Å². The van der Waals surface area contributed by atoms with E-state index in [4.69, 9.17) is 0 Å². The van der Waals surface area contributed by atoms with Gasteiger partial charge in [0.15, 0.2) is 11.6 Å². The topological polar surface area (TPSA) is 42.9 Å². The molecule has 0 aromatic carbocycles. The molecule has 0 aliphatic heterocycles. The van der Waals surface area contributed by atoms with Gasteiger partial charge >= 0.3 is 0 Å². The Hall–Kier alpha value is -0.770. The van der Waals surface area contributed by atoms with Gasteiger partial charge in [0.2, 0.25) is 0 Å². The molecule has 0 bridgehead atoms. The highest BCUT2D eigenvalue weighted by molar-refractivity contribution is 9.10. The Bertz CT molecular complexity index is 284. The lowest BCUT2D eigenvalue weighted by Gasteiger charge is -1.97. The highest BCUT2D eigenvalue weighted by atomic mass is 79.9. The summed E-state index contributed by atoms with van der Waals surface area (Å²) in [7, 11) is 0. The number of nitrogens with zero attached hydrogens (tertiary/aromatic N) is 2. The Balaban J connectivity index is 2.61. The summed E-state index contributed by atoms with van der Waals surface area (Å²) in [6.45, 7) is 2.05. The van der Waals surface area contributed by atoms with Crippen LogP contribution in [0.3, 0.4) is 0 Å². The molecule has 0 saturated heterocycles. The van der Waals surface area contributed by atoms with Crippen molar-refractivity contribution in [1.82, 2.24) is 9.97 Å². The van der Waals surface area contributed by atoms with Gasteiger partial charge in [-0.3, -0.25) is 4.79 Å². The molecule has 0 N–H and O–H groups in total. The first kappa shape index (κ1) is 10.3. The molecule has 0 spiro atoms. The minimum Gasteiger partial charge on any atom is -0.291 e. The average molecular weight is 243 g/mol. The molecule has 0 atom stereocenters. The smallest absolute Gasteiger partial charge is 0.200 e. The van der Waals surface area contributed by atoms with E-state index >= 15 is 0 Å². The molecule has 13 heavy (non-hydrogen) atoms. The van der Waals surface area contributed by atoms with E-state index in [9.17, 15) is 4.79 Å². The van der Waals surface area contributed by atoms with E-state index in [2.05, 4.69) is 32.8 Å². The molecule has 70 valence electrons. The van der Waals surface area contributed by atoms with Crippen LogP contribution in [0, 0.1) is 0 Å². The van der Waals surface area contributed by atoms with Gasteiger partial charge in [-0.15, -0.1) is 0 Å². The maximum Gasteiger partial charge on any atom is 0.200 e. The summed E-state index contributed by atoms with van der Waals surface area (Å²) in [5.41, 5.74) is 0. The first-order valence-corrected chi connectivity index (χ1v) is 5.04. The molecule has 1 aromatic heterocycles. The van der Waals surface area contributed by atoms with Gasteiger partial charge in [0, 0.05) is 18.8 Å². The summed E-state index contributed by atoms with van der Waals surface area (Å²) in [4.78, 5) is 19.2. The number of ketones is 1. The maximum absolute atomic E-state index is 11.4. The molecule has 0 fully saturated rings. The number of halogens is 1. The van der Waals surface area contributed by atoms with Crippen LogP contribution in [0.1, 0.15) is 36.8 Å². The van der Waals surface area contributed by atoms with Crippen molar-refractivity contribution < 1.29 is 4.79 Å². The Morgan fingerprint density at radius 2 is 2.08 bits per heavy atom. The van der Waals surface area contributed by atoms with Crippen LogP contribution in [-0.2, 0) is 0 Å². The van der Waals surface area contributed by atoms with Crippen LogP contribution in [0.2, 0.25) is 0 Å². The number of rotatable bonds is 4. The zero-order valence-electron chi connectivity index (χ0n) is 7.46. The molecule has 1 heterocycles. The Kier molecular flexibility index (Phi) is 4.02. The molecule has 0 saturated carbocycles. The molecule has 0 aliphatic rings.